The molecule has 0 saturated carbocycles. The Bertz CT molecular complexity index is 777. The first kappa shape index (κ1) is 18.5. The molecule has 1 aromatic rings. The van der Waals surface area contributed by atoms with E-state index in [-0.39, 0.29) is 24.0 Å². The zero-order valence-electron chi connectivity index (χ0n) is 14.6. The van der Waals surface area contributed by atoms with Crippen LogP contribution in [-0.4, -0.2) is 52.3 Å². The number of piperidine rings is 1. The fourth-order valence-electron chi connectivity index (χ4n) is 3.35. The number of benzene rings is 1. The first-order valence-corrected chi connectivity index (χ1v) is 9.05. The van der Waals surface area contributed by atoms with Crippen LogP contribution in [0, 0.1) is 17.1 Å². The first-order chi connectivity index (χ1) is 12.4. The number of urea groups is 1. The van der Waals surface area contributed by atoms with Crippen molar-refractivity contribution >= 4 is 18.7 Å². The van der Waals surface area contributed by atoms with E-state index < -0.39 is 5.82 Å². The lowest BCUT2D eigenvalue weighted by Crippen LogP contribution is -2.53. The highest BCUT2D eigenvalue weighted by atomic mass is 32.1. The predicted octanol–water partition coefficient (Wildman–Crippen LogP) is 2.09. The van der Waals surface area contributed by atoms with Gasteiger partial charge in [-0.05, 0) is 42.7 Å². The maximum atomic E-state index is 13.7. The zero-order valence-corrected chi connectivity index (χ0v) is 15.5. The molecule has 1 aromatic carbocycles. The van der Waals surface area contributed by atoms with Gasteiger partial charge >= 0.3 is 6.03 Å². The molecule has 26 heavy (non-hydrogen) atoms. The fourth-order valence-corrected chi connectivity index (χ4v) is 3.58. The van der Waals surface area contributed by atoms with Gasteiger partial charge in [-0.1, -0.05) is 0 Å². The van der Waals surface area contributed by atoms with E-state index in [1.807, 2.05) is 6.08 Å². The van der Waals surface area contributed by atoms with Crippen molar-refractivity contribution in [2.45, 2.75) is 30.8 Å². The second-order valence-corrected chi connectivity index (χ2v) is 7.21. The number of thiol groups is 1. The molecule has 8 heteroatoms. The summed E-state index contributed by atoms with van der Waals surface area (Å²) in [6.07, 6.45) is 3.79. The summed E-state index contributed by atoms with van der Waals surface area (Å²) in [5.74, 6) is 0.283. The highest BCUT2D eigenvalue weighted by Crippen LogP contribution is 2.28. The number of nitriles is 1. The van der Waals surface area contributed by atoms with Crippen LogP contribution in [0.25, 0.3) is 0 Å². The lowest BCUT2D eigenvalue weighted by molar-refractivity contribution is 0.129. The van der Waals surface area contributed by atoms with E-state index in [9.17, 15) is 14.4 Å². The van der Waals surface area contributed by atoms with Crippen molar-refractivity contribution in [2.24, 2.45) is 5.73 Å². The number of halogens is 1. The normalized spacial score (nSPS) is 23.7. The van der Waals surface area contributed by atoms with Crippen LogP contribution in [0.2, 0.25) is 0 Å². The van der Waals surface area contributed by atoms with E-state index >= 15 is 0 Å². The number of carbonyl (C=O) groups is 1. The number of nitrogens with two attached hydrogens (primary N) is 1. The zero-order chi connectivity index (χ0) is 18.8. The van der Waals surface area contributed by atoms with Gasteiger partial charge in [0.1, 0.15) is 11.6 Å². The summed E-state index contributed by atoms with van der Waals surface area (Å²) in [4.78, 5) is 18.0. The van der Waals surface area contributed by atoms with E-state index in [4.69, 9.17) is 5.73 Å². The van der Waals surface area contributed by atoms with Crippen LogP contribution >= 0.6 is 12.6 Å². The molecule has 0 aliphatic carbocycles. The Morgan fingerprint density at radius 3 is 2.92 bits per heavy atom. The molecule has 6 nitrogen and oxygen atoms in total. The van der Waals surface area contributed by atoms with Crippen molar-refractivity contribution < 1.29 is 9.18 Å². The highest BCUT2D eigenvalue weighted by Gasteiger charge is 2.34. The number of hydrogen-bond donors (Lipinski definition) is 2. The quantitative estimate of drug-likeness (QED) is 0.793. The smallest absolute Gasteiger partial charge is 0.326 e. The Morgan fingerprint density at radius 1 is 1.46 bits per heavy atom. The maximum absolute atomic E-state index is 13.7. The Morgan fingerprint density at radius 2 is 2.23 bits per heavy atom. The number of likely N-dealkylation sites (tertiary alicyclic amines) is 1. The van der Waals surface area contributed by atoms with Crippen molar-refractivity contribution in [1.29, 1.82) is 5.26 Å². The van der Waals surface area contributed by atoms with E-state index in [0.717, 1.165) is 25.2 Å². The lowest BCUT2D eigenvalue weighted by Gasteiger charge is -2.44. The Hall–Kier alpha value is -2.24. The van der Waals surface area contributed by atoms with Gasteiger partial charge in [-0.15, -0.1) is 0 Å². The van der Waals surface area contributed by atoms with Crippen LogP contribution in [0.5, 0.6) is 0 Å². The maximum Gasteiger partial charge on any atom is 0.326 e. The van der Waals surface area contributed by atoms with Crippen LogP contribution in [0.3, 0.4) is 0 Å². The van der Waals surface area contributed by atoms with Crippen LogP contribution in [0.4, 0.5) is 9.18 Å². The van der Waals surface area contributed by atoms with Crippen molar-refractivity contribution in [3.63, 3.8) is 0 Å². The molecule has 3 rings (SSSR count). The Kier molecular flexibility index (Phi) is 5.39. The molecule has 2 aliphatic rings. The van der Waals surface area contributed by atoms with E-state index in [2.05, 4.69) is 23.6 Å². The van der Waals surface area contributed by atoms with Crippen LogP contribution in [0.15, 0.2) is 30.1 Å². The lowest BCUT2D eigenvalue weighted by atomic mass is 10.1. The molecule has 2 N–H and O–H groups in total. The molecule has 1 saturated heterocycles. The standard InChI is InChI=1S/C18H22FN5OS/c1-22-17(26)8-16(23-6-2-3-15(21)11-23)24(18(22)25)10-13-7-14(19)5-4-12(13)9-20/h4-5,7-8,15,17,26H,2-3,6,10-11,21H2,1H3/t15-,17-/m1/s1. The highest BCUT2D eigenvalue weighted by molar-refractivity contribution is 7.81. The number of carbonyl (C=O) groups excluding carboxylic acids is 1. The van der Waals surface area contributed by atoms with Crippen LogP contribution < -0.4 is 5.73 Å². The number of hydrogen-bond acceptors (Lipinski definition) is 5. The van der Waals surface area contributed by atoms with E-state index in [0.29, 0.717) is 17.7 Å². The van der Waals surface area contributed by atoms with Gasteiger partial charge in [-0.25, -0.2) is 9.18 Å². The molecular weight excluding hydrogens is 353 g/mol. The third kappa shape index (κ3) is 3.64. The largest absolute Gasteiger partial charge is 0.357 e. The van der Waals surface area contributed by atoms with Crippen molar-refractivity contribution in [3.05, 3.63) is 47.0 Å². The molecule has 2 amide bonds. The molecule has 2 heterocycles. The monoisotopic (exact) mass is 375 g/mol. The van der Waals surface area contributed by atoms with Crippen molar-refractivity contribution in [1.82, 2.24) is 14.7 Å². The number of nitrogens with zero attached hydrogens (tertiary/aromatic N) is 4. The summed E-state index contributed by atoms with van der Waals surface area (Å²) >= 11 is 4.47. The molecule has 2 aliphatic heterocycles. The summed E-state index contributed by atoms with van der Waals surface area (Å²) in [7, 11) is 1.67. The minimum absolute atomic E-state index is 0.0449. The Labute approximate surface area is 158 Å². The third-order valence-electron chi connectivity index (χ3n) is 4.80. The minimum Gasteiger partial charge on any atom is -0.357 e. The van der Waals surface area contributed by atoms with Gasteiger partial charge in [0.05, 0.1) is 23.6 Å². The van der Waals surface area contributed by atoms with Crippen molar-refractivity contribution in [2.75, 3.05) is 20.1 Å². The molecular formula is C18H22FN5OS. The summed E-state index contributed by atoms with van der Waals surface area (Å²) in [5.41, 5.74) is 6.92. The number of likely N-dealkylation sites (N-methyl/N-ethyl adjacent to an activating group) is 1. The van der Waals surface area contributed by atoms with Gasteiger partial charge in [0.25, 0.3) is 0 Å². The SMILES string of the molecule is CN1C(=O)N(Cc2cc(F)ccc2C#N)C(N2CCC[C@@H](N)C2)=C[C@H]1S. The van der Waals surface area contributed by atoms with Crippen LogP contribution in [0.1, 0.15) is 24.0 Å². The predicted molar refractivity (Wildman–Crippen MR) is 99.5 cm³/mol. The summed E-state index contributed by atoms with van der Waals surface area (Å²) in [6.45, 7) is 1.55. The molecule has 0 bridgehead atoms. The summed E-state index contributed by atoms with van der Waals surface area (Å²) in [5, 5.41) is 8.96. The average molecular weight is 375 g/mol. The van der Waals surface area contributed by atoms with Crippen molar-refractivity contribution in [3.8, 4) is 6.07 Å². The van der Waals surface area contributed by atoms with Crippen LogP contribution in [-0.2, 0) is 6.54 Å². The van der Waals surface area contributed by atoms with Gasteiger partial charge in [0.15, 0.2) is 0 Å². The first-order valence-electron chi connectivity index (χ1n) is 8.54. The second-order valence-electron chi connectivity index (χ2n) is 6.68. The molecule has 0 aromatic heterocycles. The molecule has 1 fully saturated rings. The molecule has 138 valence electrons. The second kappa shape index (κ2) is 7.56. The van der Waals surface area contributed by atoms with Gasteiger partial charge < -0.3 is 15.5 Å². The Balaban J connectivity index is 1.96. The summed E-state index contributed by atoms with van der Waals surface area (Å²) in [6, 6.07) is 5.85. The van der Waals surface area contributed by atoms with Gasteiger partial charge in [-0.2, -0.15) is 17.9 Å². The van der Waals surface area contributed by atoms with E-state index in [1.54, 1.807) is 11.9 Å². The molecule has 0 spiro atoms. The molecule has 2 atom stereocenters. The van der Waals surface area contributed by atoms with Gasteiger partial charge in [0.2, 0.25) is 0 Å². The third-order valence-corrected chi connectivity index (χ3v) is 5.30. The molecule has 0 radical (unpaired) electrons. The average Bonchev–Trinajstić information content (AvgIpc) is 2.62. The topological polar surface area (TPSA) is 76.6 Å². The summed E-state index contributed by atoms with van der Waals surface area (Å²) < 4.78 is 13.7. The fraction of sp³-hybridized carbons (Fsp3) is 0.444. The molecule has 0 unspecified atom stereocenters. The number of amides is 2. The van der Waals surface area contributed by atoms with E-state index in [1.165, 1.54) is 23.1 Å². The van der Waals surface area contributed by atoms with Gasteiger partial charge in [0, 0.05) is 26.2 Å². The van der Waals surface area contributed by atoms with Gasteiger partial charge in [-0.3, -0.25) is 4.90 Å². The minimum atomic E-state index is -0.436. The number of rotatable bonds is 3.